The molecule has 2 fully saturated rings. The fraction of sp³-hybridized carbons (Fsp3) is 0.576. The van der Waals surface area contributed by atoms with Gasteiger partial charge in [0.25, 0.3) is 10.0 Å². The van der Waals surface area contributed by atoms with E-state index >= 15 is 0 Å². The Bertz CT molecular complexity index is 1820. The van der Waals surface area contributed by atoms with Crippen LogP contribution in [0.15, 0.2) is 33.6 Å². The first-order valence-electron chi connectivity index (χ1n) is 17.0. The molecule has 58 heavy (non-hydrogen) atoms. The number of carbonyl (C=O) groups excluding carboxylic acids is 7. The number of esters is 7. The van der Waals surface area contributed by atoms with Crippen LogP contribution in [0.25, 0.3) is 0 Å². The zero-order valence-corrected chi connectivity index (χ0v) is 35.2. The van der Waals surface area contributed by atoms with Gasteiger partial charge in [0, 0.05) is 52.9 Å². The summed E-state index contributed by atoms with van der Waals surface area (Å²) in [6, 6.07) is 5.59. The number of benzene rings is 1. The Kier molecular flexibility index (Phi) is 17.7. The highest BCUT2D eigenvalue weighted by Gasteiger charge is 2.57. The number of hydrogen-bond donors (Lipinski definition) is 3. The van der Waals surface area contributed by atoms with Crippen molar-refractivity contribution in [2.24, 2.45) is 0 Å². The molecule has 0 aromatic heterocycles. The quantitative estimate of drug-likeness (QED) is 0.0883. The van der Waals surface area contributed by atoms with Gasteiger partial charge < -0.3 is 52.7 Å². The second kappa shape index (κ2) is 21.5. The molecule has 10 atom stereocenters. The van der Waals surface area contributed by atoms with Crippen molar-refractivity contribution in [1.82, 2.24) is 15.6 Å². The topological polar surface area (TPSA) is 282 Å². The summed E-state index contributed by atoms with van der Waals surface area (Å²) in [4.78, 5) is 88.0. The lowest BCUT2D eigenvalue weighted by Gasteiger charge is -2.49. The van der Waals surface area contributed by atoms with Gasteiger partial charge in [0.05, 0.1) is 4.90 Å². The van der Waals surface area contributed by atoms with Crippen LogP contribution in [0.2, 0.25) is 0 Å². The molecule has 0 spiro atoms. The Hall–Kier alpha value is -4.53. The van der Waals surface area contributed by atoms with Crippen molar-refractivity contribution in [1.29, 1.82) is 0 Å². The molecule has 1 unspecified atom stereocenters. The predicted molar refractivity (Wildman–Crippen MR) is 197 cm³/mol. The highest BCUT2D eigenvalue weighted by molar-refractivity contribution is 9.10. The van der Waals surface area contributed by atoms with Crippen molar-refractivity contribution >= 4 is 85.1 Å². The summed E-state index contributed by atoms with van der Waals surface area (Å²) >= 11 is 8.51. The minimum atomic E-state index is -4.20. The second-order valence-corrected chi connectivity index (χ2v) is 15.4. The smallest absolute Gasteiger partial charge is 0.303 e. The average molecular weight is 929 g/mol. The highest BCUT2D eigenvalue weighted by atomic mass is 79.9. The molecule has 1 aromatic carbocycles. The Morgan fingerprint density at radius 1 is 0.621 bits per heavy atom. The first-order chi connectivity index (χ1) is 27.1. The lowest BCUT2D eigenvalue weighted by molar-refractivity contribution is -0.345. The number of nitrogens with one attached hydrogen (secondary N) is 3. The fourth-order valence-corrected chi connectivity index (χ4v) is 6.92. The molecule has 1 aromatic rings. The van der Waals surface area contributed by atoms with Crippen molar-refractivity contribution in [3.8, 4) is 0 Å². The number of rotatable bonds is 15. The maximum atomic E-state index is 12.9. The summed E-state index contributed by atoms with van der Waals surface area (Å²) in [5.74, 6) is -6.32. The van der Waals surface area contributed by atoms with E-state index in [4.69, 9.17) is 59.6 Å². The van der Waals surface area contributed by atoms with E-state index in [-0.39, 0.29) is 4.90 Å². The summed E-state index contributed by atoms with van der Waals surface area (Å²) in [6.07, 6.45) is -16.6. The van der Waals surface area contributed by atoms with E-state index in [1.54, 1.807) is 0 Å². The fourth-order valence-electron chi connectivity index (χ4n) is 5.58. The van der Waals surface area contributed by atoms with Gasteiger partial charge in [-0.25, -0.2) is 8.42 Å². The molecule has 0 aliphatic carbocycles. The Morgan fingerprint density at radius 2 is 1.05 bits per heavy atom. The lowest BCUT2D eigenvalue weighted by Crippen LogP contribution is -2.69. The van der Waals surface area contributed by atoms with E-state index in [9.17, 15) is 42.0 Å². The van der Waals surface area contributed by atoms with Crippen LogP contribution in [-0.4, -0.2) is 130 Å². The van der Waals surface area contributed by atoms with Gasteiger partial charge in [-0.15, -0.1) is 4.83 Å². The molecule has 0 amide bonds. The molecule has 0 radical (unpaired) electrons. The normalized spacial score (nSPS) is 26.8. The molecular formula is C33H42BrN3O19S2. The summed E-state index contributed by atoms with van der Waals surface area (Å²) in [7, 11) is -4.20. The minimum Gasteiger partial charge on any atom is -0.463 e. The van der Waals surface area contributed by atoms with Crippen LogP contribution < -0.4 is 15.6 Å². The molecule has 22 nitrogen and oxygen atoms in total. The van der Waals surface area contributed by atoms with Crippen molar-refractivity contribution < 1.29 is 89.3 Å². The summed E-state index contributed by atoms with van der Waals surface area (Å²) in [5.41, 5.74) is 2.29. The van der Waals surface area contributed by atoms with Crippen LogP contribution in [0.5, 0.6) is 0 Å². The van der Waals surface area contributed by atoms with E-state index in [2.05, 4.69) is 31.5 Å². The third kappa shape index (κ3) is 14.4. The van der Waals surface area contributed by atoms with Gasteiger partial charge in [-0.05, 0) is 36.5 Å². The number of ether oxygens (including phenoxy) is 10. The highest BCUT2D eigenvalue weighted by Crippen LogP contribution is 2.35. The first-order valence-corrected chi connectivity index (χ1v) is 19.7. The van der Waals surface area contributed by atoms with E-state index in [0.717, 1.165) is 48.5 Å². The third-order valence-electron chi connectivity index (χ3n) is 7.62. The zero-order chi connectivity index (χ0) is 43.5. The SMILES string of the molecule is CC(=O)OC[C@H]1O[C@H](O[C@H]2[C@H](OC(C)=O)[C@@H](OC(C)=O)C(NC(=S)NNS(=O)(=O)c3ccc(Br)cc3)O[C@@H]2COC(C)=O)[C@H](OC(C)=O)[C@@H](OC(C)=O)[C@@H]1OC(C)=O. The van der Waals surface area contributed by atoms with Gasteiger partial charge in [0.2, 0.25) is 0 Å². The molecule has 2 heterocycles. The third-order valence-corrected chi connectivity index (χ3v) is 9.64. The maximum absolute atomic E-state index is 12.9. The Balaban J connectivity index is 2.09. The number of thiocarbonyl (C=S) groups is 1. The van der Waals surface area contributed by atoms with Crippen LogP contribution in [0, 0.1) is 0 Å². The summed E-state index contributed by atoms with van der Waals surface area (Å²) in [5, 5.41) is 2.17. The number of halogens is 1. The van der Waals surface area contributed by atoms with Gasteiger partial charge >= 0.3 is 41.8 Å². The molecule has 2 aliphatic heterocycles. The van der Waals surface area contributed by atoms with Crippen LogP contribution in [-0.2, 0) is 91.0 Å². The Morgan fingerprint density at radius 3 is 1.53 bits per heavy atom. The van der Waals surface area contributed by atoms with Crippen LogP contribution in [0.3, 0.4) is 0 Å². The van der Waals surface area contributed by atoms with E-state index in [1.807, 2.05) is 0 Å². The molecule has 2 aliphatic rings. The molecule has 322 valence electrons. The minimum absolute atomic E-state index is 0.142. The van der Waals surface area contributed by atoms with Gasteiger partial charge in [0.1, 0.15) is 31.5 Å². The van der Waals surface area contributed by atoms with Gasteiger partial charge in [-0.1, -0.05) is 15.9 Å². The van der Waals surface area contributed by atoms with Crippen LogP contribution in [0.4, 0.5) is 0 Å². The first kappa shape index (κ1) is 47.8. The number of hydrazine groups is 1. The number of hydrogen-bond acceptors (Lipinski definition) is 20. The molecule has 3 rings (SSSR count). The largest absolute Gasteiger partial charge is 0.463 e. The monoisotopic (exact) mass is 927 g/mol. The van der Waals surface area contributed by atoms with Gasteiger partial charge in [-0.2, -0.15) is 0 Å². The molecule has 2 saturated heterocycles. The summed E-state index contributed by atoms with van der Waals surface area (Å²) < 4.78 is 82.6. The number of sulfonamides is 1. The van der Waals surface area contributed by atoms with E-state index in [1.165, 1.54) is 24.3 Å². The lowest BCUT2D eigenvalue weighted by atomic mass is 9.95. The molecule has 25 heteroatoms. The van der Waals surface area contributed by atoms with E-state index < -0.39 is 131 Å². The average Bonchev–Trinajstić information content (AvgIpc) is 3.09. The van der Waals surface area contributed by atoms with Crippen molar-refractivity contribution in [2.75, 3.05) is 13.2 Å². The van der Waals surface area contributed by atoms with Crippen molar-refractivity contribution in [2.45, 2.75) is 115 Å². The Labute approximate surface area is 345 Å². The standard InChI is InChI=1S/C33H42BrN3O19S2/c1-14(38)47-12-23-26(56-32-30(53-20(7)44)28(51-18(5)42)25(49-16(3)40)24(55-32)13-48-15(2)39)27(50-17(4)41)29(52-19(6)43)31(54-23)35-33(57)36-37-58(45,46)22-10-8-21(34)9-11-22/h8-11,23-32,37H,12-13H2,1-7H3,(H2,35,36,57)/t23-,24-,25-,26-,27+,28+,29-,30-,31?,32-/m1/s1. The van der Waals surface area contributed by atoms with Crippen LogP contribution >= 0.6 is 28.1 Å². The maximum Gasteiger partial charge on any atom is 0.303 e. The van der Waals surface area contributed by atoms with Gasteiger partial charge in [-0.3, -0.25) is 39.0 Å². The molecular weight excluding hydrogens is 886 g/mol. The van der Waals surface area contributed by atoms with Crippen molar-refractivity contribution in [3.05, 3.63) is 28.7 Å². The number of carbonyl (C=O) groups is 7. The summed E-state index contributed by atoms with van der Waals surface area (Å²) in [6.45, 7) is 5.88. The second-order valence-electron chi connectivity index (χ2n) is 12.4. The van der Waals surface area contributed by atoms with E-state index in [0.29, 0.717) is 4.47 Å². The van der Waals surface area contributed by atoms with Crippen molar-refractivity contribution in [3.63, 3.8) is 0 Å². The molecule has 3 N–H and O–H groups in total. The predicted octanol–water partition coefficient (Wildman–Crippen LogP) is -0.274. The van der Waals surface area contributed by atoms with Crippen LogP contribution in [0.1, 0.15) is 48.5 Å². The zero-order valence-electron chi connectivity index (χ0n) is 31.9. The molecule has 0 bridgehead atoms. The molecule has 0 saturated carbocycles. The van der Waals surface area contributed by atoms with Gasteiger partial charge in [0.15, 0.2) is 48.2 Å².